The minimum atomic E-state index is -0.951. The maximum atomic E-state index is 12.0. The molecule has 0 spiro atoms. The molecule has 0 heterocycles. The number of quaternary nitrogens is 1. The first-order valence-corrected chi connectivity index (χ1v) is 10.5. The number of carbonyl (C=O) groups excluding carboxylic acids is 1. The molecule has 0 aromatic rings. The van der Waals surface area contributed by atoms with Crippen LogP contribution < -0.4 is 0 Å². The van der Waals surface area contributed by atoms with Crippen LogP contribution in [0.4, 0.5) is 0 Å². The van der Waals surface area contributed by atoms with E-state index in [4.69, 9.17) is 14.9 Å². The highest BCUT2D eigenvalue weighted by atomic mass is 16.5. The molecule has 0 aromatic heterocycles. The Hall–Kier alpha value is -1.63. The number of rotatable bonds is 18. The molecule has 0 bridgehead atoms. The largest absolute Gasteiger partial charge is 0.481 e. The fourth-order valence-electron chi connectivity index (χ4n) is 3.15. The molecule has 164 valence electrons. The molecule has 0 saturated carbocycles. The highest BCUT2D eigenvalue weighted by Gasteiger charge is 2.24. The number of ether oxygens (including phenoxy) is 1. The maximum Gasteiger partial charge on any atom is 0.307 e. The minimum absolute atomic E-state index is 0.155. The maximum absolute atomic E-state index is 12.0. The van der Waals surface area contributed by atoms with Gasteiger partial charge in [-0.25, -0.2) is 0 Å². The summed E-state index contributed by atoms with van der Waals surface area (Å²) in [5.41, 5.74) is 0. The van der Waals surface area contributed by atoms with Crippen LogP contribution in [0.15, 0.2) is 0 Å². The summed E-state index contributed by atoms with van der Waals surface area (Å²) < 4.78 is 5.92. The van der Waals surface area contributed by atoms with E-state index in [2.05, 4.69) is 0 Å². The van der Waals surface area contributed by atoms with Crippen molar-refractivity contribution in [3.63, 3.8) is 0 Å². The van der Waals surface area contributed by atoms with Crippen molar-refractivity contribution >= 4 is 17.9 Å². The number of hydrogen-bond acceptors (Lipinski definition) is 4. The molecule has 0 aliphatic carbocycles. The third-order valence-corrected chi connectivity index (χ3v) is 4.47. The molecule has 0 saturated heterocycles. The Morgan fingerprint density at radius 1 is 0.714 bits per heavy atom. The lowest BCUT2D eigenvalue weighted by Crippen LogP contribution is -2.43. The smallest absolute Gasteiger partial charge is 0.307 e. The zero-order valence-electron chi connectivity index (χ0n) is 18.0. The van der Waals surface area contributed by atoms with Crippen molar-refractivity contribution in [2.45, 2.75) is 89.6 Å². The lowest BCUT2D eigenvalue weighted by Gasteiger charge is -2.28. The lowest BCUT2D eigenvalue weighted by atomic mass is 10.1. The van der Waals surface area contributed by atoms with Gasteiger partial charge in [-0.05, 0) is 12.8 Å². The second kappa shape index (κ2) is 15.3. The highest BCUT2D eigenvalue weighted by molar-refractivity contribution is 5.71. The monoisotopic (exact) mass is 402 g/mol. The molecule has 0 fully saturated rings. The number of carboxylic acids is 2. The highest BCUT2D eigenvalue weighted by Crippen LogP contribution is 2.13. The molecule has 7 heteroatoms. The fourth-order valence-corrected chi connectivity index (χ4v) is 3.15. The minimum Gasteiger partial charge on any atom is -0.481 e. The Kier molecular flexibility index (Phi) is 14.4. The van der Waals surface area contributed by atoms with Gasteiger partial charge in [-0.1, -0.05) is 51.4 Å². The van der Waals surface area contributed by atoms with Crippen LogP contribution in [0, 0.1) is 0 Å². The number of likely N-dealkylation sites (N-methyl/N-ethyl adjacent to an activating group) is 1. The molecular formula is C21H40NO6+. The van der Waals surface area contributed by atoms with Crippen molar-refractivity contribution in [3.05, 3.63) is 0 Å². The molecule has 7 nitrogen and oxygen atoms in total. The Morgan fingerprint density at radius 3 is 1.54 bits per heavy atom. The predicted molar refractivity (Wildman–Crippen MR) is 108 cm³/mol. The zero-order chi connectivity index (χ0) is 21.4. The summed E-state index contributed by atoms with van der Waals surface area (Å²) in [7, 11) is 5.83. The number of esters is 1. The average Bonchev–Trinajstić information content (AvgIpc) is 2.53. The molecule has 0 amide bonds. The van der Waals surface area contributed by atoms with Gasteiger partial charge in [-0.3, -0.25) is 14.4 Å². The first-order valence-electron chi connectivity index (χ1n) is 10.5. The van der Waals surface area contributed by atoms with Crippen LogP contribution in [0.1, 0.15) is 83.5 Å². The molecule has 0 radical (unpaired) electrons. The van der Waals surface area contributed by atoms with Gasteiger partial charge in [0.05, 0.1) is 27.6 Å². The summed E-state index contributed by atoms with van der Waals surface area (Å²) in [5.74, 6) is -1.97. The standard InChI is InChI=1S/C21H39NO6/c1-22(2,3)17-18(16-20(25)26)28-21(27)15-13-11-9-7-5-4-6-8-10-12-14-19(23)24/h18H,4-17H2,1-3H3,(H-,23,24,25,26)/p+1/t18-/m1/s1. The van der Waals surface area contributed by atoms with Crippen LogP contribution in [0.25, 0.3) is 0 Å². The SMILES string of the molecule is C[N+](C)(C)C[C@@H](CC(=O)O)OC(=O)CCCCCCCCCCCCC(=O)O. The van der Waals surface area contributed by atoms with Gasteiger partial charge in [0.1, 0.15) is 6.54 Å². The number of unbranched alkanes of at least 4 members (excludes halogenated alkanes) is 9. The first kappa shape index (κ1) is 26.4. The number of hydrogen-bond donors (Lipinski definition) is 2. The van der Waals surface area contributed by atoms with Gasteiger partial charge in [0.25, 0.3) is 0 Å². The van der Waals surface area contributed by atoms with Gasteiger partial charge in [0.2, 0.25) is 0 Å². The fraction of sp³-hybridized carbons (Fsp3) is 0.857. The van der Waals surface area contributed by atoms with Crippen LogP contribution in [0.3, 0.4) is 0 Å². The van der Waals surface area contributed by atoms with Crippen LogP contribution in [0.5, 0.6) is 0 Å². The number of aliphatic carboxylic acids is 2. The molecule has 0 aromatic carbocycles. The van der Waals surface area contributed by atoms with Crippen LogP contribution in [0.2, 0.25) is 0 Å². The van der Waals surface area contributed by atoms with Gasteiger partial charge >= 0.3 is 17.9 Å². The molecule has 2 N–H and O–H groups in total. The van der Waals surface area contributed by atoms with E-state index >= 15 is 0 Å². The summed E-state index contributed by atoms with van der Waals surface area (Å²) in [6.45, 7) is 0.481. The van der Waals surface area contributed by atoms with E-state index < -0.39 is 18.0 Å². The van der Waals surface area contributed by atoms with Gasteiger partial charge in [-0.2, -0.15) is 0 Å². The first-order chi connectivity index (χ1) is 13.1. The predicted octanol–water partition coefficient (Wildman–Crippen LogP) is 3.84. The number of nitrogens with zero attached hydrogens (tertiary/aromatic N) is 1. The van der Waals surface area contributed by atoms with Crippen molar-refractivity contribution < 1.29 is 33.8 Å². The summed E-state index contributed by atoms with van der Waals surface area (Å²) in [6.07, 6.45) is 10.2. The van der Waals surface area contributed by atoms with E-state index in [9.17, 15) is 14.4 Å². The van der Waals surface area contributed by atoms with Crippen molar-refractivity contribution in [2.24, 2.45) is 0 Å². The van der Waals surface area contributed by atoms with E-state index in [1.165, 1.54) is 12.8 Å². The zero-order valence-corrected chi connectivity index (χ0v) is 18.0. The Labute approximate surface area is 169 Å². The van der Waals surface area contributed by atoms with Gasteiger partial charge < -0.3 is 19.4 Å². The quantitative estimate of drug-likeness (QED) is 0.205. The van der Waals surface area contributed by atoms with Gasteiger partial charge in [-0.15, -0.1) is 0 Å². The third kappa shape index (κ3) is 19.1. The van der Waals surface area contributed by atoms with Crippen molar-refractivity contribution in [1.29, 1.82) is 0 Å². The summed E-state index contributed by atoms with van der Waals surface area (Å²) in [6, 6.07) is 0. The van der Waals surface area contributed by atoms with Crippen molar-refractivity contribution in [2.75, 3.05) is 27.7 Å². The van der Waals surface area contributed by atoms with Crippen LogP contribution in [-0.4, -0.2) is 66.4 Å². The van der Waals surface area contributed by atoms with E-state index in [0.717, 1.165) is 51.4 Å². The molecule has 0 unspecified atom stereocenters. The van der Waals surface area contributed by atoms with Crippen LogP contribution in [-0.2, 0) is 19.1 Å². The molecule has 0 aliphatic rings. The van der Waals surface area contributed by atoms with Crippen molar-refractivity contribution in [3.8, 4) is 0 Å². The second-order valence-electron chi connectivity index (χ2n) is 8.61. The van der Waals surface area contributed by atoms with Gasteiger partial charge in [0.15, 0.2) is 6.10 Å². The van der Waals surface area contributed by atoms with Crippen molar-refractivity contribution in [1.82, 2.24) is 0 Å². The Bertz CT molecular complexity index is 458. The Morgan fingerprint density at radius 2 is 1.14 bits per heavy atom. The molecule has 28 heavy (non-hydrogen) atoms. The third-order valence-electron chi connectivity index (χ3n) is 4.47. The summed E-state index contributed by atoms with van der Waals surface area (Å²) in [4.78, 5) is 33.3. The van der Waals surface area contributed by atoms with E-state index in [0.29, 0.717) is 17.4 Å². The van der Waals surface area contributed by atoms with E-state index in [-0.39, 0.29) is 18.8 Å². The average molecular weight is 403 g/mol. The number of carboxylic acid groups (broad SMARTS) is 2. The Balaban J connectivity index is 3.67. The topological polar surface area (TPSA) is 101 Å². The van der Waals surface area contributed by atoms with Crippen LogP contribution >= 0.6 is 0 Å². The summed E-state index contributed by atoms with van der Waals surface area (Å²) >= 11 is 0. The molecule has 0 rings (SSSR count). The number of carbonyl (C=O) groups is 3. The normalized spacial score (nSPS) is 12.5. The molecule has 0 aliphatic heterocycles. The molecular weight excluding hydrogens is 362 g/mol. The van der Waals surface area contributed by atoms with E-state index in [1.807, 2.05) is 21.1 Å². The molecule has 1 atom stereocenters. The lowest BCUT2D eigenvalue weighted by molar-refractivity contribution is -0.873. The van der Waals surface area contributed by atoms with E-state index in [1.54, 1.807) is 0 Å². The van der Waals surface area contributed by atoms with Gasteiger partial charge in [0, 0.05) is 12.8 Å². The second-order valence-corrected chi connectivity index (χ2v) is 8.61. The summed E-state index contributed by atoms with van der Waals surface area (Å²) in [5, 5.41) is 17.5.